The molecule has 1 fully saturated rings. The van der Waals surface area contributed by atoms with Crippen LogP contribution in [0, 0.1) is 13.8 Å². The van der Waals surface area contributed by atoms with Gasteiger partial charge in [0.05, 0.1) is 17.4 Å². The van der Waals surface area contributed by atoms with Crippen molar-refractivity contribution in [1.82, 2.24) is 35.1 Å². The minimum Gasteiger partial charge on any atom is -0.317 e. The minimum atomic E-state index is 0.536. The zero-order valence-corrected chi connectivity index (χ0v) is 15.5. The van der Waals surface area contributed by atoms with Crippen LogP contribution >= 0.6 is 0 Å². The number of nitrogens with one attached hydrogen (secondary N) is 1. The number of hydrogen-bond acceptors (Lipinski definition) is 6. The molecule has 3 aromatic heterocycles. The lowest BCUT2D eigenvalue weighted by Crippen LogP contribution is -2.26. The molecule has 5 rings (SSSR count). The van der Waals surface area contributed by atoms with Crippen LogP contribution in [0.2, 0.25) is 0 Å². The van der Waals surface area contributed by atoms with Crippen LogP contribution in [0.1, 0.15) is 35.6 Å². The molecule has 1 N–H and O–H groups in total. The zero-order valence-electron chi connectivity index (χ0n) is 15.5. The molecule has 0 bridgehead atoms. The number of piperidine rings is 1. The van der Waals surface area contributed by atoms with E-state index in [1.807, 2.05) is 26.1 Å². The molecule has 0 saturated carbocycles. The second-order valence-electron chi connectivity index (χ2n) is 7.27. The molecule has 1 saturated heterocycles. The van der Waals surface area contributed by atoms with Gasteiger partial charge in [0.1, 0.15) is 11.2 Å². The summed E-state index contributed by atoms with van der Waals surface area (Å²) in [7, 11) is 0. The largest absolute Gasteiger partial charge is 0.317 e. The number of rotatable bonds is 2. The van der Waals surface area contributed by atoms with E-state index < -0.39 is 0 Å². The van der Waals surface area contributed by atoms with Gasteiger partial charge >= 0.3 is 0 Å². The first kappa shape index (κ1) is 16.3. The van der Waals surface area contributed by atoms with Crippen molar-refractivity contribution >= 4 is 16.7 Å². The highest BCUT2D eigenvalue weighted by Crippen LogP contribution is 2.27. The Morgan fingerprint density at radius 2 is 1.85 bits per heavy atom. The average molecular weight is 359 g/mol. The second kappa shape index (κ2) is 6.35. The maximum atomic E-state index is 4.70. The van der Waals surface area contributed by atoms with Gasteiger partial charge in [-0.1, -0.05) is 6.07 Å². The Labute approximate surface area is 156 Å². The SMILES string of the molecule is Cc1cn2nc(-c3nnc4cc(C5CCNCC5)ccc4n3)cc(C)c2n1. The van der Waals surface area contributed by atoms with Gasteiger partial charge in [0, 0.05) is 0 Å². The van der Waals surface area contributed by atoms with E-state index in [-0.39, 0.29) is 0 Å². The number of hydrogen-bond donors (Lipinski definition) is 1. The topological polar surface area (TPSA) is 80.9 Å². The van der Waals surface area contributed by atoms with Crippen molar-refractivity contribution in [2.24, 2.45) is 0 Å². The van der Waals surface area contributed by atoms with E-state index in [2.05, 4.69) is 43.8 Å². The fraction of sp³-hybridized carbons (Fsp3) is 0.350. The van der Waals surface area contributed by atoms with E-state index in [9.17, 15) is 0 Å². The lowest BCUT2D eigenvalue weighted by Gasteiger charge is -2.22. The van der Waals surface area contributed by atoms with E-state index in [0.717, 1.165) is 53.9 Å². The van der Waals surface area contributed by atoms with Crippen molar-refractivity contribution in [1.29, 1.82) is 0 Å². The second-order valence-corrected chi connectivity index (χ2v) is 7.27. The van der Waals surface area contributed by atoms with Crippen molar-refractivity contribution in [2.75, 3.05) is 13.1 Å². The molecule has 7 heteroatoms. The summed E-state index contributed by atoms with van der Waals surface area (Å²) in [5, 5.41) is 16.8. The first-order chi connectivity index (χ1) is 13.2. The third-order valence-electron chi connectivity index (χ3n) is 5.25. The monoisotopic (exact) mass is 359 g/mol. The molecule has 0 unspecified atom stereocenters. The fourth-order valence-electron chi connectivity index (χ4n) is 3.82. The number of aryl methyl sites for hydroxylation is 2. The third kappa shape index (κ3) is 2.94. The van der Waals surface area contributed by atoms with Crippen LogP contribution in [0.15, 0.2) is 30.5 Å². The van der Waals surface area contributed by atoms with Crippen molar-refractivity contribution in [3.05, 3.63) is 47.3 Å². The summed E-state index contributed by atoms with van der Waals surface area (Å²) < 4.78 is 1.79. The summed E-state index contributed by atoms with van der Waals surface area (Å²) >= 11 is 0. The van der Waals surface area contributed by atoms with Gasteiger partial charge in [0.25, 0.3) is 0 Å². The Kier molecular flexibility index (Phi) is 3.82. The molecule has 1 aliphatic rings. The molecule has 1 aliphatic heterocycles. The Hall–Kier alpha value is -2.93. The number of aromatic nitrogens is 6. The average Bonchev–Trinajstić information content (AvgIpc) is 3.09. The Bertz CT molecular complexity index is 1140. The number of nitrogens with zero attached hydrogens (tertiary/aromatic N) is 6. The van der Waals surface area contributed by atoms with E-state index in [1.54, 1.807) is 4.52 Å². The van der Waals surface area contributed by atoms with E-state index in [4.69, 9.17) is 4.98 Å². The molecule has 0 atom stereocenters. The highest BCUT2D eigenvalue weighted by molar-refractivity contribution is 5.76. The van der Waals surface area contributed by atoms with E-state index in [1.165, 1.54) is 5.56 Å². The fourth-order valence-corrected chi connectivity index (χ4v) is 3.82. The smallest absolute Gasteiger partial charge is 0.202 e. The molecule has 27 heavy (non-hydrogen) atoms. The van der Waals surface area contributed by atoms with Crippen molar-refractivity contribution in [3.8, 4) is 11.5 Å². The highest BCUT2D eigenvalue weighted by atomic mass is 15.3. The molecular weight excluding hydrogens is 338 g/mol. The maximum absolute atomic E-state index is 4.70. The van der Waals surface area contributed by atoms with E-state index >= 15 is 0 Å². The standard InChI is InChI=1S/C20H21N7/c1-12-9-18(26-27-11-13(2)22-20(12)27)19-23-16-4-3-15(10-17(16)24-25-19)14-5-7-21-8-6-14/h3-4,9-11,14,21H,5-8H2,1-2H3. The Morgan fingerprint density at radius 3 is 2.70 bits per heavy atom. The summed E-state index contributed by atoms with van der Waals surface area (Å²) in [6.07, 6.45) is 4.24. The summed E-state index contributed by atoms with van der Waals surface area (Å²) in [5.74, 6) is 1.13. The van der Waals surface area contributed by atoms with Gasteiger partial charge in [-0.15, -0.1) is 10.2 Å². The van der Waals surface area contributed by atoms with Crippen molar-refractivity contribution in [2.45, 2.75) is 32.6 Å². The van der Waals surface area contributed by atoms with Crippen molar-refractivity contribution < 1.29 is 0 Å². The van der Waals surface area contributed by atoms with Crippen LogP contribution in [0.4, 0.5) is 0 Å². The quantitative estimate of drug-likeness (QED) is 0.593. The molecule has 0 spiro atoms. The lowest BCUT2D eigenvalue weighted by molar-refractivity contribution is 0.460. The number of imidazole rings is 1. The van der Waals surface area contributed by atoms with Gasteiger partial charge in [0.2, 0.25) is 5.82 Å². The summed E-state index contributed by atoms with van der Waals surface area (Å²) in [6.45, 7) is 6.13. The predicted molar refractivity (Wildman–Crippen MR) is 104 cm³/mol. The maximum Gasteiger partial charge on any atom is 0.202 e. The molecule has 4 heterocycles. The predicted octanol–water partition coefficient (Wildman–Crippen LogP) is 2.82. The Balaban J connectivity index is 1.54. The summed E-state index contributed by atoms with van der Waals surface area (Å²) in [4.78, 5) is 9.20. The molecule has 0 amide bonds. The first-order valence-corrected chi connectivity index (χ1v) is 9.36. The van der Waals surface area contributed by atoms with Gasteiger partial charge in [-0.25, -0.2) is 14.5 Å². The molecule has 0 aliphatic carbocycles. The lowest BCUT2D eigenvalue weighted by atomic mass is 9.90. The van der Waals surface area contributed by atoms with E-state index in [0.29, 0.717) is 17.4 Å². The van der Waals surface area contributed by atoms with Gasteiger partial charge in [-0.05, 0) is 75.0 Å². The van der Waals surface area contributed by atoms with Crippen LogP contribution in [0.5, 0.6) is 0 Å². The van der Waals surface area contributed by atoms with Gasteiger partial charge in [-0.3, -0.25) is 0 Å². The zero-order chi connectivity index (χ0) is 18.4. The molecule has 4 aromatic rings. The van der Waals surface area contributed by atoms with Crippen molar-refractivity contribution in [3.63, 3.8) is 0 Å². The van der Waals surface area contributed by atoms with Gasteiger partial charge < -0.3 is 5.32 Å². The van der Waals surface area contributed by atoms with Gasteiger partial charge in [-0.2, -0.15) is 5.10 Å². The van der Waals surface area contributed by atoms with Crippen LogP contribution in [-0.4, -0.2) is 42.9 Å². The first-order valence-electron chi connectivity index (χ1n) is 9.36. The third-order valence-corrected chi connectivity index (χ3v) is 5.25. The van der Waals surface area contributed by atoms with Crippen LogP contribution in [-0.2, 0) is 0 Å². The molecule has 136 valence electrons. The molecule has 7 nitrogen and oxygen atoms in total. The molecular formula is C20H21N7. The Morgan fingerprint density at radius 1 is 1.00 bits per heavy atom. The van der Waals surface area contributed by atoms with Crippen LogP contribution in [0.3, 0.4) is 0 Å². The van der Waals surface area contributed by atoms with Crippen LogP contribution < -0.4 is 5.32 Å². The minimum absolute atomic E-state index is 0.536. The van der Waals surface area contributed by atoms with Crippen LogP contribution in [0.25, 0.3) is 28.2 Å². The summed E-state index contributed by atoms with van der Waals surface area (Å²) in [5.41, 5.74) is 6.55. The number of fused-ring (bicyclic) bond motifs is 2. The van der Waals surface area contributed by atoms with Gasteiger partial charge in [0.15, 0.2) is 5.65 Å². The normalized spacial score (nSPS) is 15.6. The highest BCUT2D eigenvalue weighted by Gasteiger charge is 2.16. The summed E-state index contributed by atoms with van der Waals surface area (Å²) in [6, 6.07) is 8.33. The number of benzene rings is 1. The molecule has 1 aromatic carbocycles. The molecule has 0 radical (unpaired) electrons.